The van der Waals surface area contributed by atoms with Crippen LogP contribution in [0.4, 0.5) is 0 Å². The molecule has 0 radical (unpaired) electrons. The van der Waals surface area contributed by atoms with Gasteiger partial charge in [-0.25, -0.2) is 0 Å². The summed E-state index contributed by atoms with van der Waals surface area (Å²) in [5.41, 5.74) is 3.86. The first kappa shape index (κ1) is 13.7. The minimum atomic E-state index is 1.26. The Labute approximate surface area is 94.4 Å². The fourth-order valence-electron chi connectivity index (χ4n) is 0.896. The third-order valence-corrected chi connectivity index (χ3v) is 1.96. The predicted octanol–water partition coefficient (Wildman–Crippen LogP) is 4.98. The molecule has 0 heterocycles. The number of allylic oxidation sites excluding steroid dienone is 10. The van der Waals surface area contributed by atoms with Gasteiger partial charge in [-0.2, -0.15) is 0 Å². The van der Waals surface area contributed by atoms with Gasteiger partial charge in [-0.1, -0.05) is 59.3 Å². The lowest BCUT2D eigenvalue weighted by Gasteiger charge is -1.89. The van der Waals surface area contributed by atoms with Crippen LogP contribution in [0.25, 0.3) is 0 Å². The smallest absolute Gasteiger partial charge is 0.0398 e. The van der Waals surface area contributed by atoms with Crippen LogP contribution in [-0.2, 0) is 0 Å². The molecule has 0 bridgehead atoms. The van der Waals surface area contributed by atoms with Gasteiger partial charge >= 0.3 is 0 Å². The largest absolute Gasteiger partial charge is 0.0847 e. The Morgan fingerprint density at radius 1 is 0.733 bits per heavy atom. The molecule has 0 unspecified atom stereocenters. The van der Waals surface area contributed by atoms with E-state index in [1.165, 1.54) is 16.7 Å². The SMILES string of the molecule is CC=C(C)C=CC=C(C)C=CC=C(C)C. The van der Waals surface area contributed by atoms with Crippen LogP contribution in [0.3, 0.4) is 0 Å². The van der Waals surface area contributed by atoms with E-state index in [0.29, 0.717) is 0 Å². The summed E-state index contributed by atoms with van der Waals surface area (Å²) in [5.74, 6) is 0. The summed E-state index contributed by atoms with van der Waals surface area (Å²) in [5, 5.41) is 0. The Morgan fingerprint density at radius 2 is 1.27 bits per heavy atom. The average molecular weight is 202 g/mol. The van der Waals surface area contributed by atoms with Gasteiger partial charge in [0.15, 0.2) is 0 Å². The molecular weight excluding hydrogens is 180 g/mol. The van der Waals surface area contributed by atoms with Crippen molar-refractivity contribution in [1.29, 1.82) is 0 Å². The van der Waals surface area contributed by atoms with E-state index in [-0.39, 0.29) is 0 Å². The van der Waals surface area contributed by atoms with Crippen molar-refractivity contribution in [3.05, 3.63) is 59.3 Å². The van der Waals surface area contributed by atoms with Crippen molar-refractivity contribution >= 4 is 0 Å². The molecule has 0 nitrogen and oxygen atoms in total. The van der Waals surface area contributed by atoms with E-state index in [1.54, 1.807) is 0 Å². The molecule has 0 aromatic carbocycles. The lowest BCUT2D eigenvalue weighted by atomic mass is 10.2. The molecule has 0 N–H and O–H groups in total. The van der Waals surface area contributed by atoms with Crippen LogP contribution < -0.4 is 0 Å². The highest BCUT2D eigenvalue weighted by Gasteiger charge is 1.78. The van der Waals surface area contributed by atoms with Crippen LogP contribution >= 0.6 is 0 Å². The summed E-state index contributed by atoms with van der Waals surface area (Å²) in [6.07, 6.45) is 14.7. The molecule has 0 spiro atoms. The van der Waals surface area contributed by atoms with E-state index >= 15 is 0 Å². The Balaban J connectivity index is 4.28. The topological polar surface area (TPSA) is 0 Å². The zero-order valence-corrected chi connectivity index (χ0v) is 10.5. The molecule has 0 heteroatoms. The normalized spacial score (nSPS) is 13.9. The molecule has 0 saturated carbocycles. The quantitative estimate of drug-likeness (QED) is 0.564. The van der Waals surface area contributed by atoms with E-state index in [0.717, 1.165) is 0 Å². The fraction of sp³-hybridized carbons (Fsp3) is 0.333. The summed E-state index contributed by atoms with van der Waals surface area (Å²) in [7, 11) is 0. The molecular formula is C15H22. The van der Waals surface area contributed by atoms with Gasteiger partial charge < -0.3 is 0 Å². The predicted molar refractivity (Wildman–Crippen MR) is 70.9 cm³/mol. The lowest BCUT2D eigenvalue weighted by Crippen LogP contribution is -1.68. The third-order valence-electron chi connectivity index (χ3n) is 1.96. The first-order valence-corrected chi connectivity index (χ1v) is 5.35. The van der Waals surface area contributed by atoms with Crippen molar-refractivity contribution in [2.75, 3.05) is 0 Å². The van der Waals surface area contributed by atoms with E-state index < -0.39 is 0 Å². The van der Waals surface area contributed by atoms with Crippen LogP contribution in [-0.4, -0.2) is 0 Å². The van der Waals surface area contributed by atoms with Gasteiger partial charge in [-0.05, 0) is 34.6 Å². The van der Waals surface area contributed by atoms with Crippen molar-refractivity contribution in [1.82, 2.24) is 0 Å². The second kappa shape index (κ2) is 8.05. The average Bonchev–Trinajstić information content (AvgIpc) is 2.17. The maximum absolute atomic E-state index is 2.11. The molecule has 0 aliphatic heterocycles. The maximum atomic E-state index is 2.11. The molecule has 0 fully saturated rings. The standard InChI is InChI=1S/C15H22/c1-6-14(4)10-8-12-15(5)11-7-9-13(2)3/h6-12H,1-5H3. The minimum Gasteiger partial charge on any atom is -0.0847 e. The summed E-state index contributed by atoms with van der Waals surface area (Å²) < 4.78 is 0. The van der Waals surface area contributed by atoms with Gasteiger partial charge in [-0.3, -0.25) is 0 Å². The van der Waals surface area contributed by atoms with Crippen molar-refractivity contribution in [3.63, 3.8) is 0 Å². The van der Waals surface area contributed by atoms with Crippen LogP contribution in [0.5, 0.6) is 0 Å². The van der Waals surface area contributed by atoms with Crippen molar-refractivity contribution < 1.29 is 0 Å². The highest BCUT2D eigenvalue weighted by atomic mass is 13.9. The third kappa shape index (κ3) is 9.01. The molecule has 0 aliphatic carbocycles. The van der Waals surface area contributed by atoms with Gasteiger partial charge in [-0.15, -0.1) is 0 Å². The highest BCUT2D eigenvalue weighted by Crippen LogP contribution is 2.00. The summed E-state index contributed by atoms with van der Waals surface area (Å²) in [4.78, 5) is 0. The molecule has 0 aliphatic rings. The van der Waals surface area contributed by atoms with Crippen LogP contribution in [0.15, 0.2) is 59.3 Å². The van der Waals surface area contributed by atoms with E-state index in [4.69, 9.17) is 0 Å². The maximum Gasteiger partial charge on any atom is -0.0398 e. The zero-order valence-electron chi connectivity index (χ0n) is 10.5. The number of rotatable bonds is 4. The van der Waals surface area contributed by atoms with Gasteiger partial charge in [0, 0.05) is 0 Å². The Hall–Kier alpha value is -1.30. The summed E-state index contributed by atoms with van der Waals surface area (Å²) >= 11 is 0. The second-order valence-corrected chi connectivity index (χ2v) is 3.91. The van der Waals surface area contributed by atoms with Crippen molar-refractivity contribution in [3.8, 4) is 0 Å². The van der Waals surface area contributed by atoms with Gasteiger partial charge in [0.25, 0.3) is 0 Å². The van der Waals surface area contributed by atoms with Crippen molar-refractivity contribution in [2.45, 2.75) is 34.6 Å². The minimum absolute atomic E-state index is 1.26. The molecule has 0 atom stereocenters. The molecule has 0 amide bonds. The van der Waals surface area contributed by atoms with Crippen LogP contribution in [0.2, 0.25) is 0 Å². The van der Waals surface area contributed by atoms with E-state index in [9.17, 15) is 0 Å². The number of hydrogen-bond acceptors (Lipinski definition) is 0. The zero-order chi connectivity index (χ0) is 11.7. The van der Waals surface area contributed by atoms with Crippen LogP contribution in [0.1, 0.15) is 34.6 Å². The monoisotopic (exact) mass is 202 g/mol. The Bertz CT molecular complexity index is 316. The first-order valence-electron chi connectivity index (χ1n) is 5.35. The Kier molecular flexibility index (Phi) is 7.35. The van der Waals surface area contributed by atoms with Gasteiger partial charge in [0.1, 0.15) is 0 Å². The molecule has 0 saturated heterocycles. The van der Waals surface area contributed by atoms with Crippen LogP contribution in [0, 0.1) is 0 Å². The van der Waals surface area contributed by atoms with E-state index in [2.05, 4.69) is 70.2 Å². The molecule has 0 aromatic rings. The fourth-order valence-corrected chi connectivity index (χ4v) is 0.896. The molecule has 0 aromatic heterocycles. The molecule has 82 valence electrons. The highest BCUT2D eigenvalue weighted by molar-refractivity contribution is 5.28. The second-order valence-electron chi connectivity index (χ2n) is 3.91. The van der Waals surface area contributed by atoms with Gasteiger partial charge in [0.2, 0.25) is 0 Å². The summed E-state index contributed by atoms with van der Waals surface area (Å²) in [6, 6.07) is 0. The van der Waals surface area contributed by atoms with Crippen molar-refractivity contribution in [2.24, 2.45) is 0 Å². The summed E-state index contributed by atoms with van der Waals surface area (Å²) in [6.45, 7) is 10.4. The number of hydrogen-bond donors (Lipinski definition) is 0. The first-order chi connectivity index (χ1) is 7.06. The lowest BCUT2D eigenvalue weighted by molar-refractivity contribution is 1.39. The Morgan fingerprint density at radius 3 is 1.80 bits per heavy atom. The molecule has 0 rings (SSSR count). The van der Waals surface area contributed by atoms with Gasteiger partial charge in [0.05, 0.1) is 0 Å². The molecule has 15 heavy (non-hydrogen) atoms. The van der Waals surface area contributed by atoms with E-state index in [1.807, 2.05) is 6.92 Å².